The fraction of sp³-hybridized carbons (Fsp3) is 0.429. The lowest BCUT2D eigenvalue weighted by Crippen LogP contribution is -2.55. The van der Waals surface area contributed by atoms with Gasteiger partial charge in [-0.1, -0.05) is 25.3 Å². The smallest absolute Gasteiger partial charge is 0.293 e. The Bertz CT molecular complexity index is 945. The summed E-state index contributed by atoms with van der Waals surface area (Å²) in [6.07, 6.45) is 6.98. The van der Waals surface area contributed by atoms with Crippen LogP contribution in [0.2, 0.25) is 0 Å². The number of pyridine rings is 1. The molecular weight excluding hydrogens is 452 g/mol. The molecule has 8 nitrogen and oxygen atoms in total. The van der Waals surface area contributed by atoms with Crippen LogP contribution in [0.25, 0.3) is 0 Å². The van der Waals surface area contributed by atoms with Crippen molar-refractivity contribution in [3.8, 4) is 5.75 Å². The highest BCUT2D eigenvalue weighted by atomic mass is 79.9. The summed E-state index contributed by atoms with van der Waals surface area (Å²) in [6.45, 7) is 2.12. The van der Waals surface area contributed by atoms with Crippen molar-refractivity contribution in [2.45, 2.75) is 51.1 Å². The number of rotatable bonds is 7. The lowest BCUT2D eigenvalue weighted by molar-refractivity contribution is -0.386. The highest BCUT2D eigenvalue weighted by Crippen LogP contribution is 2.32. The van der Waals surface area contributed by atoms with Gasteiger partial charge in [-0.15, -0.1) is 0 Å². The Morgan fingerprint density at radius 3 is 2.70 bits per heavy atom. The molecule has 1 fully saturated rings. The number of nitrogens with zero attached hydrogens (tertiary/aromatic N) is 2. The van der Waals surface area contributed by atoms with E-state index in [0.717, 1.165) is 24.8 Å². The van der Waals surface area contributed by atoms with Crippen LogP contribution in [0.1, 0.15) is 43.2 Å². The van der Waals surface area contributed by atoms with E-state index in [1.165, 1.54) is 12.4 Å². The minimum atomic E-state index is -0.799. The fourth-order valence-electron chi connectivity index (χ4n) is 3.83. The normalized spacial score (nSPS) is 15.4. The molecule has 3 rings (SSSR count). The zero-order valence-electron chi connectivity index (χ0n) is 17.0. The number of hydrogen-bond donors (Lipinski definition) is 2. The van der Waals surface area contributed by atoms with Gasteiger partial charge in [0.2, 0.25) is 5.91 Å². The van der Waals surface area contributed by atoms with Crippen molar-refractivity contribution in [3.05, 3.63) is 56.3 Å². The molecule has 1 aliphatic rings. The number of hydrogen-bond acceptors (Lipinski definition) is 6. The van der Waals surface area contributed by atoms with Crippen molar-refractivity contribution in [1.29, 1.82) is 0 Å². The van der Waals surface area contributed by atoms with Crippen molar-refractivity contribution < 1.29 is 14.5 Å². The van der Waals surface area contributed by atoms with Gasteiger partial charge >= 0.3 is 0 Å². The van der Waals surface area contributed by atoms with E-state index in [2.05, 4.69) is 31.5 Å². The Labute approximate surface area is 183 Å². The Balaban J connectivity index is 1.83. The van der Waals surface area contributed by atoms with Gasteiger partial charge in [0.05, 0.1) is 23.1 Å². The van der Waals surface area contributed by atoms with Gasteiger partial charge in [0, 0.05) is 29.0 Å². The largest absolute Gasteiger partial charge is 0.496 e. The van der Waals surface area contributed by atoms with Crippen LogP contribution in [0, 0.1) is 17.0 Å². The maximum absolute atomic E-state index is 13.3. The zero-order chi connectivity index (χ0) is 21.7. The number of benzene rings is 1. The third kappa shape index (κ3) is 4.79. The van der Waals surface area contributed by atoms with E-state index in [4.69, 9.17) is 4.74 Å². The number of aromatic nitrogens is 1. The molecule has 1 aromatic carbocycles. The third-order valence-corrected chi connectivity index (χ3v) is 6.27. The van der Waals surface area contributed by atoms with Crippen LogP contribution in [0.3, 0.4) is 0 Å². The maximum atomic E-state index is 13.3. The fourth-order valence-corrected chi connectivity index (χ4v) is 4.29. The predicted molar refractivity (Wildman–Crippen MR) is 118 cm³/mol. The van der Waals surface area contributed by atoms with Gasteiger partial charge in [0.15, 0.2) is 0 Å². The summed E-state index contributed by atoms with van der Waals surface area (Å²) in [5.41, 5.74) is 1.24. The van der Waals surface area contributed by atoms with E-state index in [-0.39, 0.29) is 18.1 Å². The van der Waals surface area contributed by atoms with Gasteiger partial charge < -0.3 is 10.1 Å². The molecule has 2 aromatic rings. The standard InChI is InChI=1S/C21H25BrN4O4/c1-14-6-7-15(10-19(14)30-2)25-20(27)21(8-4-3-5-9-21)24-11-16-17(22)12-23-13-18(16)26(28)29/h6-7,10,12-13,24H,3-5,8-9,11H2,1-2H3,(H,25,27). The van der Waals surface area contributed by atoms with Crippen LogP contribution in [-0.4, -0.2) is 28.5 Å². The molecular formula is C21H25BrN4O4. The first-order valence-corrected chi connectivity index (χ1v) is 10.6. The van der Waals surface area contributed by atoms with Crippen molar-refractivity contribution >= 4 is 33.2 Å². The SMILES string of the molecule is COc1cc(NC(=O)C2(NCc3c(Br)cncc3[N+](=O)[O-])CCCCC2)ccc1C. The second kappa shape index (κ2) is 9.53. The van der Waals surface area contributed by atoms with Crippen molar-refractivity contribution in [2.24, 2.45) is 0 Å². The van der Waals surface area contributed by atoms with Crippen LogP contribution < -0.4 is 15.4 Å². The van der Waals surface area contributed by atoms with E-state index in [1.54, 1.807) is 13.2 Å². The van der Waals surface area contributed by atoms with Crippen molar-refractivity contribution in [3.63, 3.8) is 0 Å². The summed E-state index contributed by atoms with van der Waals surface area (Å²) < 4.78 is 5.89. The highest BCUT2D eigenvalue weighted by Gasteiger charge is 2.39. The van der Waals surface area contributed by atoms with Crippen LogP contribution in [0.5, 0.6) is 5.75 Å². The molecule has 160 valence electrons. The molecule has 1 aliphatic carbocycles. The number of nitro groups is 1. The first-order chi connectivity index (χ1) is 14.4. The lowest BCUT2D eigenvalue weighted by atomic mass is 9.80. The molecule has 1 saturated carbocycles. The van der Waals surface area contributed by atoms with E-state index in [1.807, 2.05) is 19.1 Å². The lowest BCUT2D eigenvalue weighted by Gasteiger charge is -2.37. The molecule has 1 aromatic heterocycles. The maximum Gasteiger partial charge on any atom is 0.293 e. The molecule has 0 aliphatic heterocycles. The van der Waals surface area contributed by atoms with Crippen LogP contribution in [-0.2, 0) is 11.3 Å². The minimum Gasteiger partial charge on any atom is -0.496 e. The van der Waals surface area contributed by atoms with Gasteiger partial charge in [-0.05, 0) is 47.3 Å². The molecule has 9 heteroatoms. The molecule has 0 saturated heterocycles. The van der Waals surface area contributed by atoms with Gasteiger partial charge in [0.25, 0.3) is 5.69 Å². The summed E-state index contributed by atoms with van der Waals surface area (Å²) in [5.74, 6) is 0.565. The Morgan fingerprint density at radius 1 is 1.30 bits per heavy atom. The summed E-state index contributed by atoms with van der Waals surface area (Å²) in [4.78, 5) is 28.1. The monoisotopic (exact) mass is 476 g/mol. The molecule has 0 radical (unpaired) electrons. The molecule has 30 heavy (non-hydrogen) atoms. The number of carbonyl (C=O) groups is 1. The van der Waals surface area contributed by atoms with Crippen LogP contribution in [0.15, 0.2) is 35.1 Å². The van der Waals surface area contributed by atoms with Crippen molar-refractivity contribution in [2.75, 3.05) is 12.4 Å². The van der Waals surface area contributed by atoms with Gasteiger partial charge in [-0.3, -0.25) is 25.2 Å². The van der Waals surface area contributed by atoms with Crippen LogP contribution in [0.4, 0.5) is 11.4 Å². The topological polar surface area (TPSA) is 106 Å². The van der Waals surface area contributed by atoms with Gasteiger partial charge in [-0.2, -0.15) is 0 Å². The first kappa shape index (κ1) is 22.2. The Hall–Kier alpha value is -2.52. The number of methoxy groups -OCH3 is 1. The molecule has 1 amide bonds. The van der Waals surface area contributed by atoms with E-state index in [0.29, 0.717) is 34.3 Å². The number of amides is 1. The molecule has 0 spiro atoms. The number of anilines is 1. The second-order valence-corrected chi connectivity index (χ2v) is 8.37. The molecule has 0 unspecified atom stereocenters. The zero-order valence-corrected chi connectivity index (χ0v) is 18.6. The van der Waals surface area contributed by atoms with Crippen molar-refractivity contribution in [1.82, 2.24) is 10.3 Å². The van der Waals surface area contributed by atoms with Crippen LogP contribution >= 0.6 is 15.9 Å². The van der Waals surface area contributed by atoms with E-state index in [9.17, 15) is 14.9 Å². The van der Waals surface area contributed by atoms with E-state index >= 15 is 0 Å². The highest BCUT2D eigenvalue weighted by molar-refractivity contribution is 9.10. The summed E-state index contributed by atoms with van der Waals surface area (Å²) in [7, 11) is 1.59. The van der Waals surface area contributed by atoms with E-state index < -0.39 is 10.5 Å². The Morgan fingerprint density at radius 2 is 2.03 bits per heavy atom. The molecule has 0 atom stereocenters. The summed E-state index contributed by atoms with van der Waals surface area (Å²) >= 11 is 3.35. The summed E-state index contributed by atoms with van der Waals surface area (Å²) in [6, 6.07) is 5.54. The average molecular weight is 477 g/mol. The van der Waals surface area contributed by atoms with Gasteiger partial charge in [0.1, 0.15) is 11.9 Å². The number of aryl methyl sites for hydroxylation is 1. The quantitative estimate of drug-likeness (QED) is 0.449. The number of nitrogens with one attached hydrogen (secondary N) is 2. The molecule has 2 N–H and O–H groups in total. The number of halogens is 1. The summed E-state index contributed by atoms with van der Waals surface area (Å²) in [5, 5.41) is 17.7. The minimum absolute atomic E-state index is 0.0773. The molecule has 0 bridgehead atoms. The predicted octanol–water partition coefficient (Wildman–Crippen LogP) is 4.50. The first-order valence-electron chi connectivity index (χ1n) is 9.84. The molecule has 1 heterocycles. The number of carbonyl (C=O) groups excluding carboxylic acids is 1. The third-order valence-electron chi connectivity index (χ3n) is 5.59. The average Bonchev–Trinajstić information content (AvgIpc) is 2.74. The second-order valence-electron chi connectivity index (χ2n) is 7.51. The number of ether oxygens (including phenoxy) is 1. The Kier molecular flexibility index (Phi) is 7.04. The van der Waals surface area contributed by atoms with Gasteiger partial charge in [-0.25, -0.2) is 0 Å².